The van der Waals surface area contributed by atoms with Gasteiger partial charge in [-0.15, -0.1) is 0 Å². The molecule has 0 aliphatic carbocycles. The molecule has 0 bridgehead atoms. The number of aromatic nitrogens is 2. The van der Waals surface area contributed by atoms with Crippen molar-refractivity contribution in [2.24, 2.45) is 0 Å². The van der Waals surface area contributed by atoms with Gasteiger partial charge in [-0.2, -0.15) is 5.10 Å². The van der Waals surface area contributed by atoms with E-state index in [0.717, 1.165) is 36.0 Å². The predicted octanol–water partition coefficient (Wildman–Crippen LogP) is 2.60. The van der Waals surface area contributed by atoms with Gasteiger partial charge >= 0.3 is 6.03 Å². The fourth-order valence-corrected chi connectivity index (χ4v) is 3.66. The van der Waals surface area contributed by atoms with Crippen molar-refractivity contribution in [1.29, 1.82) is 0 Å². The van der Waals surface area contributed by atoms with E-state index in [0.29, 0.717) is 26.1 Å². The Bertz CT molecular complexity index is 816. The third-order valence-electron chi connectivity index (χ3n) is 5.25. The Balaban J connectivity index is 1.72. The summed E-state index contributed by atoms with van der Waals surface area (Å²) in [7, 11) is 1.81. The van der Waals surface area contributed by atoms with E-state index < -0.39 is 0 Å². The smallest absolute Gasteiger partial charge is 0.318 e. The van der Waals surface area contributed by atoms with Crippen molar-refractivity contribution in [1.82, 2.24) is 24.9 Å². The zero-order chi connectivity index (χ0) is 19.4. The Morgan fingerprint density at radius 1 is 1.26 bits per heavy atom. The zero-order valence-electron chi connectivity index (χ0n) is 16.4. The number of piperazine rings is 1. The molecule has 0 saturated carbocycles. The third-order valence-corrected chi connectivity index (χ3v) is 5.25. The Morgan fingerprint density at radius 3 is 2.78 bits per heavy atom. The van der Waals surface area contributed by atoms with E-state index in [1.807, 2.05) is 28.9 Å². The minimum absolute atomic E-state index is 0.0329. The number of amides is 3. The average Bonchev–Trinajstić information content (AvgIpc) is 3.05. The Labute approximate surface area is 160 Å². The number of hydrogen-bond donors (Lipinski definition) is 1. The van der Waals surface area contributed by atoms with Gasteiger partial charge in [-0.05, 0) is 19.4 Å². The molecule has 0 radical (unpaired) electrons. The van der Waals surface area contributed by atoms with Gasteiger partial charge in [0.2, 0.25) is 5.91 Å². The third kappa shape index (κ3) is 3.91. The number of unbranched alkanes of at least 4 members (excludes halogenated alkanes) is 1. The monoisotopic (exact) mass is 371 g/mol. The minimum atomic E-state index is -0.367. The number of nitrogens with one attached hydrogen (secondary N) is 1. The summed E-state index contributed by atoms with van der Waals surface area (Å²) in [4.78, 5) is 28.8. The average molecular weight is 371 g/mol. The van der Waals surface area contributed by atoms with E-state index >= 15 is 0 Å². The molecule has 2 heterocycles. The Kier molecular flexibility index (Phi) is 5.98. The van der Waals surface area contributed by atoms with Crippen LogP contribution in [0.2, 0.25) is 0 Å². The highest BCUT2D eigenvalue weighted by Gasteiger charge is 2.35. The van der Waals surface area contributed by atoms with Gasteiger partial charge in [0.15, 0.2) is 0 Å². The van der Waals surface area contributed by atoms with E-state index in [2.05, 4.69) is 24.3 Å². The molecule has 1 aliphatic rings. The predicted molar refractivity (Wildman–Crippen MR) is 105 cm³/mol. The summed E-state index contributed by atoms with van der Waals surface area (Å²) in [6.45, 7) is 6.41. The van der Waals surface area contributed by atoms with Gasteiger partial charge in [-0.1, -0.05) is 38.0 Å². The number of benzene rings is 1. The highest BCUT2D eigenvalue weighted by atomic mass is 16.2. The fourth-order valence-electron chi connectivity index (χ4n) is 3.66. The highest BCUT2D eigenvalue weighted by Crippen LogP contribution is 2.19. The summed E-state index contributed by atoms with van der Waals surface area (Å²) >= 11 is 0. The number of nitrogens with zero attached hydrogens (tertiary/aromatic N) is 4. The summed E-state index contributed by atoms with van der Waals surface area (Å²) in [5, 5.41) is 8.66. The van der Waals surface area contributed by atoms with Crippen molar-refractivity contribution in [3.63, 3.8) is 0 Å². The van der Waals surface area contributed by atoms with Crippen molar-refractivity contribution in [3.05, 3.63) is 30.0 Å². The molecule has 3 amide bonds. The first-order valence-corrected chi connectivity index (χ1v) is 9.80. The van der Waals surface area contributed by atoms with Crippen LogP contribution in [-0.2, 0) is 17.9 Å². The van der Waals surface area contributed by atoms with Crippen molar-refractivity contribution < 1.29 is 9.59 Å². The number of carbonyl (C=O) groups excluding carboxylic acids is 2. The molecule has 1 fully saturated rings. The van der Waals surface area contributed by atoms with Crippen molar-refractivity contribution in [2.45, 2.75) is 52.2 Å². The van der Waals surface area contributed by atoms with Crippen LogP contribution < -0.4 is 5.32 Å². The molecule has 1 aromatic carbocycles. The molecule has 7 nitrogen and oxygen atoms in total. The second-order valence-electron chi connectivity index (χ2n) is 7.05. The second kappa shape index (κ2) is 8.41. The molecule has 1 N–H and O–H groups in total. The first-order valence-electron chi connectivity index (χ1n) is 9.80. The first kappa shape index (κ1) is 19.2. The van der Waals surface area contributed by atoms with Crippen LogP contribution in [-0.4, -0.2) is 57.7 Å². The number of likely N-dealkylation sites (N-methyl/N-ethyl adjacent to an activating group) is 1. The number of rotatable bonds is 6. The lowest BCUT2D eigenvalue weighted by molar-refractivity contribution is -0.138. The number of carbonyl (C=O) groups is 2. The van der Waals surface area contributed by atoms with Crippen LogP contribution in [0.4, 0.5) is 4.79 Å². The van der Waals surface area contributed by atoms with Crippen LogP contribution in [0.1, 0.15) is 38.8 Å². The second-order valence-corrected chi connectivity index (χ2v) is 7.05. The standard InChI is InChI=1S/C20H29N5O2/c1-4-6-10-18-19(26)23(3)12-13-24(18)20(27)21-14-16-15-9-7-8-11-17(15)25(5-2)22-16/h7-9,11,18H,4-6,10,12-14H2,1-3H3,(H,21,27)/t18-/m0/s1. The lowest BCUT2D eigenvalue weighted by Gasteiger charge is -2.39. The summed E-state index contributed by atoms with van der Waals surface area (Å²) in [6.07, 6.45) is 2.64. The summed E-state index contributed by atoms with van der Waals surface area (Å²) in [6, 6.07) is 7.49. The fraction of sp³-hybridized carbons (Fsp3) is 0.550. The van der Waals surface area contributed by atoms with Gasteiger partial charge in [-0.3, -0.25) is 9.48 Å². The molecule has 1 aromatic heterocycles. The largest absolute Gasteiger partial charge is 0.342 e. The summed E-state index contributed by atoms with van der Waals surface area (Å²) < 4.78 is 1.94. The number of aryl methyl sites for hydroxylation is 1. The SMILES string of the molecule is CCCC[C@H]1C(=O)N(C)CCN1C(=O)NCc1nn(CC)c2ccccc12. The number of urea groups is 1. The van der Waals surface area contributed by atoms with Crippen LogP contribution in [0.5, 0.6) is 0 Å². The molecule has 7 heteroatoms. The van der Waals surface area contributed by atoms with Gasteiger partial charge in [-0.25, -0.2) is 4.79 Å². The molecule has 146 valence electrons. The van der Waals surface area contributed by atoms with Crippen molar-refractivity contribution >= 4 is 22.8 Å². The molecule has 0 spiro atoms. The zero-order valence-corrected chi connectivity index (χ0v) is 16.4. The molecule has 3 rings (SSSR count). The van der Waals surface area contributed by atoms with E-state index in [-0.39, 0.29) is 18.0 Å². The van der Waals surface area contributed by atoms with Gasteiger partial charge < -0.3 is 15.1 Å². The first-order chi connectivity index (χ1) is 13.1. The Hall–Kier alpha value is -2.57. The van der Waals surface area contributed by atoms with Crippen molar-refractivity contribution in [2.75, 3.05) is 20.1 Å². The summed E-state index contributed by atoms with van der Waals surface area (Å²) in [5.41, 5.74) is 1.92. The summed E-state index contributed by atoms with van der Waals surface area (Å²) in [5.74, 6) is 0.0329. The highest BCUT2D eigenvalue weighted by molar-refractivity contribution is 5.88. The van der Waals surface area contributed by atoms with Crippen LogP contribution in [0.15, 0.2) is 24.3 Å². The topological polar surface area (TPSA) is 70.5 Å². The normalized spacial score (nSPS) is 17.6. The minimum Gasteiger partial charge on any atom is -0.342 e. The van der Waals surface area contributed by atoms with Gasteiger partial charge in [0, 0.05) is 32.1 Å². The maximum Gasteiger partial charge on any atom is 0.318 e. The van der Waals surface area contributed by atoms with Gasteiger partial charge in [0.1, 0.15) is 6.04 Å². The molecule has 1 aliphatic heterocycles. The molecule has 2 aromatic rings. The number of hydrogen-bond acceptors (Lipinski definition) is 3. The van der Waals surface area contributed by atoms with E-state index in [4.69, 9.17) is 0 Å². The molecule has 27 heavy (non-hydrogen) atoms. The maximum atomic E-state index is 12.8. The molecular formula is C20H29N5O2. The quantitative estimate of drug-likeness (QED) is 0.848. The van der Waals surface area contributed by atoms with E-state index in [1.54, 1.807) is 16.8 Å². The molecule has 0 unspecified atom stereocenters. The molecular weight excluding hydrogens is 342 g/mol. The van der Waals surface area contributed by atoms with Crippen LogP contribution in [0, 0.1) is 0 Å². The van der Waals surface area contributed by atoms with Crippen LogP contribution in [0.3, 0.4) is 0 Å². The lowest BCUT2D eigenvalue weighted by Crippen LogP contribution is -2.59. The number of fused-ring (bicyclic) bond motifs is 1. The molecule has 1 atom stereocenters. The lowest BCUT2D eigenvalue weighted by atomic mass is 10.0. The Morgan fingerprint density at radius 2 is 2.04 bits per heavy atom. The maximum absolute atomic E-state index is 12.8. The van der Waals surface area contributed by atoms with Crippen molar-refractivity contribution in [3.8, 4) is 0 Å². The van der Waals surface area contributed by atoms with Crippen LogP contribution in [0.25, 0.3) is 10.9 Å². The molecule has 1 saturated heterocycles. The van der Waals surface area contributed by atoms with Crippen LogP contribution >= 0.6 is 0 Å². The van der Waals surface area contributed by atoms with E-state index in [1.165, 1.54) is 0 Å². The van der Waals surface area contributed by atoms with Gasteiger partial charge in [0.25, 0.3) is 0 Å². The number of para-hydroxylation sites is 1. The van der Waals surface area contributed by atoms with E-state index in [9.17, 15) is 9.59 Å². The van der Waals surface area contributed by atoms with Gasteiger partial charge in [0.05, 0.1) is 17.8 Å².